The number of methoxy groups -OCH3 is 1. The van der Waals surface area contributed by atoms with Crippen LogP contribution in [0.2, 0.25) is 0 Å². The minimum absolute atomic E-state index is 0.0747. The molecule has 27 heavy (non-hydrogen) atoms. The monoisotopic (exact) mass is 371 g/mol. The van der Waals surface area contributed by atoms with Crippen LogP contribution < -0.4 is 14.8 Å². The van der Waals surface area contributed by atoms with E-state index in [0.29, 0.717) is 18.8 Å². The van der Waals surface area contributed by atoms with E-state index in [9.17, 15) is 14.7 Å². The highest BCUT2D eigenvalue weighted by molar-refractivity contribution is 5.79. The Kier molecular flexibility index (Phi) is 7.67. The van der Waals surface area contributed by atoms with E-state index >= 15 is 0 Å². The minimum atomic E-state index is -0.939. The zero-order chi connectivity index (χ0) is 19.6. The van der Waals surface area contributed by atoms with Gasteiger partial charge >= 0.3 is 5.97 Å². The fraction of sp³-hybridized carbons (Fsp3) is 0.333. The van der Waals surface area contributed by atoms with E-state index in [-0.39, 0.29) is 18.9 Å². The zero-order valence-corrected chi connectivity index (χ0v) is 15.6. The Hall–Kier alpha value is -3.02. The fourth-order valence-corrected chi connectivity index (χ4v) is 2.69. The average molecular weight is 371 g/mol. The van der Waals surface area contributed by atoms with Crippen LogP contribution in [-0.4, -0.2) is 37.2 Å². The Bertz CT molecular complexity index is 757. The van der Waals surface area contributed by atoms with Gasteiger partial charge in [0.15, 0.2) is 0 Å². The van der Waals surface area contributed by atoms with Crippen molar-refractivity contribution in [3.8, 4) is 11.5 Å². The zero-order valence-electron chi connectivity index (χ0n) is 15.6. The molecule has 2 aromatic carbocycles. The summed E-state index contributed by atoms with van der Waals surface area (Å²) in [5.74, 6) is -0.428. The van der Waals surface area contributed by atoms with Crippen LogP contribution in [0, 0.1) is 5.92 Å². The molecule has 0 saturated carbocycles. The van der Waals surface area contributed by atoms with Crippen LogP contribution >= 0.6 is 0 Å². The number of benzene rings is 2. The highest BCUT2D eigenvalue weighted by Gasteiger charge is 2.19. The molecule has 0 fully saturated rings. The topological polar surface area (TPSA) is 84.9 Å². The summed E-state index contributed by atoms with van der Waals surface area (Å²) < 4.78 is 10.5. The molecule has 1 atom stereocenters. The SMILES string of the molecule is CCOc1ccc(CC(CNC(=O)Cc2cccc(OC)c2)C(=O)O)cc1. The third kappa shape index (κ3) is 6.66. The largest absolute Gasteiger partial charge is 0.497 e. The molecule has 0 radical (unpaired) electrons. The second-order valence-corrected chi connectivity index (χ2v) is 6.15. The summed E-state index contributed by atoms with van der Waals surface area (Å²) >= 11 is 0. The molecular formula is C21H25NO5. The van der Waals surface area contributed by atoms with Gasteiger partial charge in [-0.05, 0) is 48.7 Å². The van der Waals surface area contributed by atoms with Gasteiger partial charge in [-0.3, -0.25) is 9.59 Å². The van der Waals surface area contributed by atoms with Crippen LogP contribution in [0.3, 0.4) is 0 Å². The van der Waals surface area contributed by atoms with E-state index in [0.717, 1.165) is 16.9 Å². The standard InChI is InChI=1S/C21H25NO5/c1-3-27-18-9-7-15(8-10-18)11-17(21(24)25)14-22-20(23)13-16-5-4-6-19(12-16)26-2/h4-10,12,17H,3,11,13-14H2,1-2H3,(H,22,23)(H,24,25). The lowest BCUT2D eigenvalue weighted by molar-refractivity contribution is -0.141. The molecule has 2 N–H and O–H groups in total. The summed E-state index contributed by atoms with van der Waals surface area (Å²) in [5, 5.41) is 12.2. The van der Waals surface area contributed by atoms with Gasteiger partial charge in [-0.2, -0.15) is 0 Å². The van der Waals surface area contributed by atoms with Crippen molar-refractivity contribution in [1.82, 2.24) is 5.32 Å². The van der Waals surface area contributed by atoms with Crippen molar-refractivity contribution in [2.75, 3.05) is 20.3 Å². The number of nitrogens with one attached hydrogen (secondary N) is 1. The Morgan fingerprint density at radius 3 is 2.44 bits per heavy atom. The van der Waals surface area contributed by atoms with Crippen LogP contribution in [0.25, 0.3) is 0 Å². The summed E-state index contributed by atoms with van der Waals surface area (Å²) in [7, 11) is 1.57. The maximum absolute atomic E-state index is 12.1. The molecule has 0 spiro atoms. The molecule has 0 heterocycles. The summed E-state index contributed by atoms with van der Waals surface area (Å²) in [5.41, 5.74) is 1.69. The lowest BCUT2D eigenvalue weighted by atomic mass is 9.99. The van der Waals surface area contributed by atoms with Gasteiger partial charge < -0.3 is 19.9 Å². The van der Waals surface area contributed by atoms with Crippen molar-refractivity contribution < 1.29 is 24.2 Å². The molecule has 2 aromatic rings. The van der Waals surface area contributed by atoms with Crippen molar-refractivity contribution in [2.24, 2.45) is 5.92 Å². The lowest BCUT2D eigenvalue weighted by Crippen LogP contribution is -2.34. The first-order valence-electron chi connectivity index (χ1n) is 8.86. The van der Waals surface area contributed by atoms with Gasteiger partial charge in [-0.25, -0.2) is 0 Å². The van der Waals surface area contributed by atoms with Crippen molar-refractivity contribution in [2.45, 2.75) is 19.8 Å². The van der Waals surface area contributed by atoms with Crippen LogP contribution in [-0.2, 0) is 22.4 Å². The molecule has 6 nitrogen and oxygen atoms in total. The first kappa shape index (κ1) is 20.3. The number of ether oxygens (including phenoxy) is 2. The van der Waals surface area contributed by atoms with Crippen LogP contribution in [0.15, 0.2) is 48.5 Å². The molecule has 1 unspecified atom stereocenters. The number of hydrogen-bond acceptors (Lipinski definition) is 4. The number of carbonyl (C=O) groups is 2. The van der Waals surface area contributed by atoms with Crippen molar-refractivity contribution in [3.63, 3.8) is 0 Å². The summed E-state index contributed by atoms with van der Waals surface area (Å²) in [6.45, 7) is 2.56. The van der Waals surface area contributed by atoms with Gasteiger partial charge in [0.05, 0.1) is 26.1 Å². The molecule has 0 aliphatic rings. The third-order valence-electron chi connectivity index (χ3n) is 4.11. The highest BCUT2D eigenvalue weighted by Crippen LogP contribution is 2.16. The second kappa shape index (κ2) is 10.2. The predicted molar refractivity (Wildman–Crippen MR) is 102 cm³/mol. The van der Waals surface area contributed by atoms with Crippen molar-refractivity contribution in [1.29, 1.82) is 0 Å². The molecule has 0 bridgehead atoms. The van der Waals surface area contributed by atoms with Gasteiger partial charge in [0.25, 0.3) is 0 Å². The first-order chi connectivity index (χ1) is 13.0. The smallest absolute Gasteiger partial charge is 0.308 e. The molecule has 0 aliphatic carbocycles. The van der Waals surface area contributed by atoms with Crippen LogP contribution in [0.4, 0.5) is 0 Å². The molecule has 6 heteroatoms. The summed E-state index contributed by atoms with van der Waals surface area (Å²) in [6, 6.07) is 14.6. The van der Waals surface area contributed by atoms with Gasteiger partial charge in [-0.1, -0.05) is 24.3 Å². The number of carboxylic acid groups (broad SMARTS) is 1. The maximum Gasteiger partial charge on any atom is 0.308 e. The van der Waals surface area contributed by atoms with Crippen LogP contribution in [0.1, 0.15) is 18.1 Å². The minimum Gasteiger partial charge on any atom is -0.497 e. The molecular weight excluding hydrogens is 346 g/mol. The maximum atomic E-state index is 12.1. The molecule has 0 aliphatic heterocycles. The van der Waals surface area contributed by atoms with Gasteiger partial charge in [0.1, 0.15) is 11.5 Å². The Balaban J connectivity index is 1.89. The Morgan fingerprint density at radius 1 is 1.07 bits per heavy atom. The molecule has 144 valence electrons. The number of carboxylic acids is 1. The quantitative estimate of drug-likeness (QED) is 0.671. The van der Waals surface area contributed by atoms with E-state index in [4.69, 9.17) is 9.47 Å². The van der Waals surface area contributed by atoms with Crippen LogP contribution in [0.5, 0.6) is 11.5 Å². The fourth-order valence-electron chi connectivity index (χ4n) is 2.69. The molecule has 2 rings (SSSR count). The second-order valence-electron chi connectivity index (χ2n) is 6.15. The van der Waals surface area contributed by atoms with Crippen molar-refractivity contribution in [3.05, 3.63) is 59.7 Å². The van der Waals surface area contributed by atoms with Crippen molar-refractivity contribution >= 4 is 11.9 Å². The van der Waals surface area contributed by atoms with E-state index < -0.39 is 11.9 Å². The number of aliphatic carboxylic acids is 1. The summed E-state index contributed by atoms with van der Waals surface area (Å²) in [4.78, 5) is 23.7. The third-order valence-corrected chi connectivity index (χ3v) is 4.11. The van der Waals surface area contributed by atoms with Gasteiger partial charge in [0, 0.05) is 6.54 Å². The number of rotatable bonds is 10. The Labute approximate surface area is 159 Å². The van der Waals surface area contributed by atoms with Gasteiger partial charge in [0.2, 0.25) is 5.91 Å². The number of carbonyl (C=O) groups excluding carboxylic acids is 1. The van der Waals surface area contributed by atoms with E-state index in [1.165, 1.54) is 0 Å². The van der Waals surface area contributed by atoms with E-state index in [1.54, 1.807) is 19.2 Å². The molecule has 1 amide bonds. The predicted octanol–water partition coefficient (Wildman–Crippen LogP) is 2.70. The van der Waals surface area contributed by atoms with E-state index in [1.807, 2.05) is 43.3 Å². The number of amides is 1. The highest BCUT2D eigenvalue weighted by atomic mass is 16.5. The average Bonchev–Trinajstić information content (AvgIpc) is 2.66. The van der Waals surface area contributed by atoms with E-state index in [2.05, 4.69) is 5.32 Å². The number of hydrogen-bond donors (Lipinski definition) is 2. The normalized spacial score (nSPS) is 11.5. The van der Waals surface area contributed by atoms with Gasteiger partial charge in [-0.15, -0.1) is 0 Å². The first-order valence-corrected chi connectivity index (χ1v) is 8.86. The molecule has 0 aromatic heterocycles. The summed E-state index contributed by atoms with van der Waals surface area (Å²) in [6.07, 6.45) is 0.508. The lowest BCUT2D eigenvalue weighted by Gasteiger charge is -2.14. The Morgan fingerprint density at radius 2 is 1.81 bits per heavy atom. The molecule has 0 saturated heterocycles.